The number of rotatable bonds is 14. The van der Waals surface area contributed by atoms with Gasteiger partial charge in [-0.15, -0.1) is 0 Å². The molecule has 1 saturated heterocycles. The van der Waals surface area contributed by atoms with Crippen LogP contribution < -0.4 is 16.0 Å². The van der Waals surface area contributed by atoms with Crippen LogP contribution in [0.25, 0.3) is 0 Å². The fraction of sp³-hybridized carbons (Fsp3) is 0.469. The zero-order valence-electron chi connectivity index (χ0n) is 26.2. The second-order valence-electron chi connectivity index (χ2n) is 12.0. The smallest absolute Gasteiger partial charge is 0.410 e. The molecule has 1 heterocycles. The number of carbonyl (C=O) groups is 5. The molecule has 46 heavy (non-hydrogen) atoms. The van der Waals surface area contributed by atoms with Gasteiger partial charge in [-0.1, -0.05) is 12.1 Å². The van der Waals surface area contributed by atoms with Gasteiger partial charge in [-0.3, -0.25) is 9.59 Å². The number of nitrogens with one attached hydrogen (secondary N) is 3. The SMILES string of the molecule is CN(C(=O)OC(C)(C)C)C(CC(=O)NCCCCNC(=O)C1OC(=O)NC1Cc1ccc(C(=O)O)cc1)Cc1cc(F)ccc1F. The fourth-order valence-corrected chi connectivity index (χ4v) is 4.75. The van der Waals surface area contributed by atoms with Crippen molar-refractivity contribution in [3.8, 4) is 0 Å². The highest BCUT2D eigenvalue weighted by Crippen LogP contribution is 2.19. The van der Waals surface area contributed by atoms with Gasteiger partial charge in [0, 0.05) is 32.6 Å². The lowest BCUT2D eigenvalue weighted by Gasteiger charge is -2.30. The number of carbonyl (C=O) groups excluding carboxylic acids is 4. The van der Waals surface area contributed by atoms with Crippen molar-refractivity contribution < 1.29 is 47.3 Å². The van der Waals surface area contributed by atoms with Crippen LogP contribution in [-0.4, -0.2) is 83.9 Å². The number of hydrogen-bond donors (Lipinski definition) is 4. The number of ether oxygens (including phenoxy) is 2. The van der Waals surface area contributed by atoms with Gasteiger partial charge in [0.2, 0.25) is 12.0 Å². The van der Waals surface area contributed by atoms with E-state index in [4.69, 9.17) is 14.6 Å². The van der Waals surface area contributed by atoms with Gasteiger partial charge in [-0.25, -0.2) is 23.2 Å². The molecule has 14 heteroatoms. The van der Waals surface area contributed by atoms with E-state index < -0.39 is 65.4 Å². The van der Waals surface area contributed by atoms with Crippen molar-refractivity contribution in [2.75, 3.05) is 20.1 Å². The molecule has 0 aliphatic carbocycles. The molecule has 250 valence electrons. The normalized spacial score (nSPS) is 16.5. The maximum atomic E-state index is 14.4. The Labute approximate surface area is 265 Å². The van der Waals surface area contributed by atoms with E-state index in [9.17, 15) is 32.8 Å². The van der Waals surface area contributed by atoms with Crippen LogP contribution in [0.5, 0.6) is 0 Å². The Morgan fingerprint density at radius 3 is 2.33 bits per heavy atom. The van der Waals surface area contributed by atoms with Gasteiger partial charge in [-0.05, 0) is 87.9 Å². The third kappa shape index (κ3) is 11.0. The summed E-state index contributed by atoms with van der Waals surface area (Å²) in [7, 11) is 1.43. The van der Waals surface area contributed by atoms with E-state index in [1.807, 2.05) is 0 Å². The van der Waals surface area contributed by atoms with E-state index in [-0.39, 0.29) is 43.5 Å². The number of alkyl carbamates (subject to hydrolysis) is 1. The van der Waals surface area contributed by atoms with E-state index >= 15 is 0 Å². The molecule has 12 nitrogen and oxygen atoms in total. The molecule has 3 rings (SSSR count). The van der Waals surface area contributed by atoms with E-state index in [1.165, 1.54) is 24.1 Å². The molecule has 0 saturated carbocycles. The predicted molar refractivity (Wildman–Crippen MR) is 162 cm³/mol. The van der Waals surface area contributed by atoms with Gasteiger partial charge in [0.25, 0.3) is 5.91 Å². The Balaban J connectivity index is 1.46. The average Bonchev–Trinajstić information content (AvgIpc) is 3.34. The van der Waals surface area contributed by atoms with E-state index in [0.29, 0.717) is 12.8 Å². The Bertz CT molecular complexity index is 1410. The molecular weight excluding hydrogens is 606 g/mol. The molecule has 3 atom stereocenters. The molecule has 4 amide bonds. The predicted octanol–water partition coefficient (Wildman–Crippen LogP) is 3.56. The summed E-state index contributed by atoms with van der Waals surface area (Å²) in [6.45, 7) is 5.56. The second kappa shape index (κ2) is 16.0. The number of nitrogens with zero attached hydrogens (tertiary/aromatic N) is 1. The van der Waals surface area contributed by atoms with Crippen molar-refractivity contribution >= 4 is 30.0 Å². The van der Waals surface area contributed by atoms with Crippen molar-refractivity contribution in [2.24, 2.45) is 0 Å². The zero-order valence-corrected chi connectivity index (χ0v) is 26.2. The summed E-state index contributed by atoms with van der Waals surface area (Å²) >= 11 is 0. The van der Waals surface area contributed by atoms with Gasteiger partial charge < -0.3 is 35.4 Å². The molecule has 0 bridgehead atoms. The summed E-state index contributed by atoms with van der Waals surface area (Å²) in [5.74, 6) is -3.27. The highest BCUT2D eigenvalue weighted by molar-refractivity contribution is 5.88. The maximum absolute atomic E-state index is 14.4. The number of aromatic carboxylic acids is 1. The number of unbranched alkanes of at least 4 members (excludes halogenated alkanes) is 1. The molecule has 4 N–H and O–H groups in total. The first kappa shape index (κ1) is 35.7. The number of carboxylic acid groups (broad SMARTS) is 1. The number of cyclic esters (lactones) is 1. The molecule has 2 aromatic carbocycles. The van der Waals surface area contributed by atoms with Crippen molar-refractivity contribution in [3.05, 3.63) is 70.8 Å². The van der Waals surface area contributed by atoms with Gasteiger partial charge in [-0.2, -0.15) is 0 Å². The van der Waals surface area contributed by atoms with Gasteiger partial charge >= 0.3 is 18.2 Å². The standard InChI is InChI=1S/C32H40F2N4O8/c1-32(2,3)46-31(44)38(4)23(17-21-16-22(33)11-12-24(21)34)18-26(39)35-13-5-6-14-36-28(40)27-25(37-30(43)45-27)15-19-7-9-20(10-8-19)29(41)42/h7-12,16,23,25,27H,5-6,13-15,17-18H2,1-4H3,(H,35,39)(H,36,40)(H,37,43)(H,41,42). The molecule has 1 fully saturated rings. The minimum atomic E-state index is -1.08. The van der Waals surface area contributed by atoms with E-state index in [2.05, 4.69) is 16.0 Å². The minimum absolute atomic E-state index is 0.0189. The molecule has 1 aliphatic heterocycles. The topological polar surface area (TPSA) is 163 Å². The number of likely N-dealkylation sites (N-methyl/N-ethyl adjacent to an activating group) is 1. The summed E-state index contributed by atoms with van der Waals surface area (Å²) in [4.78, 5) is 62.3. The Morgan fingerprint density at radius 1 is 1.04 bits per heavy atom. The first-order valence-electron chi connectivity index (χ1n) is 14.9. The second-order valence-corrected chi connectivity index (χ2v) is 12.0. The van der Waals surface area contributed by atoms with E-state index in [1.54, 1.807) is 32.9 Å². The molecule has 0 spiro atoms. The van der Waals surface area contributed by atoms with Crippen LogP contribution in [-0.2, 0) is 31.9 Å². The summed E-state index contributed by atoms with van der Waals surface area (Å²) in [5, 5.41) is 17.1. The van der Waals surface area contributed by atoms with E-state index in [0.717, 1.165) is 23.8 Å². The van der Waals surface area contributed by atoms with Crippen LogP contribution in [0, 0.1) is 11.6 Å². The summed E-state index contributed by atoms with van der Waals surface area (Å²) in [5.41, 5.74) is 0.0538. The van der Waals surface area contributed by atoms with Crippen molar-refractivity contribution in [1.82, 2.24) is 20.9 Å². The minimum Gasteiger partial charge on any atom is -0.478 e. The third-order valence-corrected chi connectivity index (χ3v) is 7.16. The summed E-state index contributed by atoms with van der Waals surface area (Å²) in [6, 6.07) is 7.62. The van der Waals surface area contributed by atoms with Crippen LogP contribution in [0.2, 0.25) is 0 Å². The van der Waals surface area contributed by atoms with Crippen LogP contribution in [0.1, 0.15) is 61.5 Å². The highest BCUT2D eigenvalue weighted by atomic mass is 19.1. The lowest BCUT2D eigenvalue weighted by molar-refractivity contribution is -0.128. The number of carboxylic acids is 1. The van der Waals surface area contributed by atoms with Crippen LogP contribution in [0.3, 0.4) is 0 Å². The molecule has 0 radical (unpaired) electrons. The molecular formula is C32H40F2N4O8. The van der Waals surface area contributed by atoms with Crippen molar-refractivity contribution in [1.29, 1.82) is 0 Å². The molecule has 1 aliphatic rings. The molecule has 3 unspecified atom stereocenters. The summed E-state index contributed by atoms with van der Waals surface area (Å²) < 4.78 is 38.7. The van der Waals surface area contributed by atoms with Gasteiger partial charge in [0.05, 0.1) is 11.6 Å². The van der Waals surface area contributed by atoms with Crippen molar-refractivity contribution in [3.63, 3.8) is 0 Å². The van der Waals surface area contributed by atoms with Crippen LogP contribution in [0.4, 0.5) is 18.4 Å². The Morgan fingerprint density at radius 2 is 1.70 bits per heavy atom. The Kier molecular flexibility index (Phi) is 12.4. The average molecular weight is 647 g/mol. The zero-order chi connectivity index (χ0) is 34.0. The third-order valence-electron chi connectivity index (χ3n) is 7.16. The number of hydrogen-bond acceptors (Lipinski definition) is 7. The number of amides is 4. The quantitative estimate of drug-likeness (QED) is 0.227. The summed E-state index contributed by atoms with van der Waals surface area (Å²) in [6.07, 6.45) is -1.60. The lowest BCUT2D eigenvalue weighted by Crippen LogP contribution is -2.45. The largest absolute Gasteiger partial charge is 0.478 e. The number of halogens is 2. The lowest BCUT2D eigenvalue weighted by atomic mass is 10.0. The Hall–Kier alpha value is -4.75. The first-order valence-corrected chi connectivity index (χ1v) is 14.9. The molecule has 2 aromatic rings. The van der Waals surface area contributed by atoms with Gasteiger partial charge in [0.1, 0.15) is 17.2 Å². The highest BCUT2D eigenvalue weighted by Gasteiger charge is 2.39. The maximum Gasteiger partial charge on any atom is 0.410 e. The van der Waals surface area contributed by atoms with Crippen molar-refractivity contribution in [2.45, 2.75) is 76.7 Å². The monoisotopic (exact) mass is 646 g/mol. The van der Waals surface area contributed by atoms with Gasteiger partial charge in [0.15, 0.2) is 0 Å². The first-order chi connectivity index (χ1) is 21.6. The fourth-order valence-electron chi connectivity index (χ4n) is 4.75. The van der Waals surface area contributed by atoms with Crippen LogP contribution in [0.15, 0.2) is 42.5 Å². The molecule has 0 aromatic heterocycles. The number of benzene rings is 2. The van der Waals surface area contributed by atoms with Crippen LogP contribution >= 0.6 is 0 Å².